The van der Waals surface area contributed by atoms with Gasteiger partial charge in [-0.1, -0.05) is 59.6 Å². The van der Waals surface area contributed by atoms with Crippen molar-refractivity contribution in [2.75, 3.05) is 11.9 Å². The molecule has 1 aromatic heterocycles. The number of benzene rings is 3. The number of carbonyl (C=O) groups is 1. The number of para-hydroxylation sites is 1. The maximum Gasteiger partial charge on any atom is 0.282 e. The van der Waals surface area contributed by atoms with Crippen LogP contribution in [-0.2, 0) is 4.79 Å². The Balaban J connectivity index is 1.64. The van der Waals surface area contributed by atoms with Gasteiger partial charge in [-0.2, -0.15) is 9.78 Å². The molecule has 0 unspecified atom stereocenters. The van der Waals surface area contributed by atoms with E-state index in [0.29, 0.717) is 33.1 Å². The summed E-state index contributed by atoms with van der Waals surface area (Å²) in [6.07, 6.45) is 2.28. The Morgan fingerprint density at radius 3 is 2.76 bits per heavy atom. The first-order valence-corrected chi connectivity index (χ1v) is 13.0. The van der Waals surface area contributed by atoms with Gasteiger partial charge in [0.15, 0.2) is 6.61 Å². The largest absolute Gasteiger partial charge is 0.483 e. The van der Waals surface area contributed by atoms with E-state index in [4.69, 9.17) is 21.3 Å². The van der Waals surface area contributed by atoms with E-state index in [2.05, 4.69) is 26.3 Å². The summed E-state index contributed by atoms with van der Waals surface area (Å²) in [5, 5.41) is 8.26. The van der Waals surface area contributed by atoms with Crippen molar-refractivity contribution in [1.82, 2.24) is 9.66 Å². The molecule has 0 aliphatic heterocycles. The Bertz CT molecular complexity index is 1550. The molecule has 0 aliphatic carbocycles. The van der Waals surface area contributed by atoms with Crippen molar-refractivity contribution in [3.8, 4) is 5.75 Å². The van der Waals surface area contributed by atoms with E-state index in [1.165, 1.54) is 10.9 Å². The third-order valence-electron chi connectivity index (χ3n) is 5.95. The second-order valence-electron chi connectivity index (χ2n) is 8.64. The molecule has 0 spiro atoms. The van der Waals surface area contributed by atoms with Crippen LogP contribution in [0.3, 0.4) is 0 Å². The number of nitrogens with zero attached hydrogens (tertiary/aromatic N) is 3. The maximum atomic E-state index is 13.4. The van der Waals surface area contributed by atoms with Crippen LogP contribution >= 0.6 is 27.5 Å². The van der Waals surface area contributed by atoms with Gasteiger partial charge in [-0.3, -0.25) is 9.59 Å². The molecule has 0 radical (unpaired) electrons. The van der Waals surface area contributed by atoms with Gasteiger partial charge in [-0.05, 0) is 61.4 Å². The first kappa shape index (κ1) is 26.6. The summed E-state index contributed by atoms with van der Waals surface area (Å²) in [6, 6.07) is 17.9. The number of halogens is 2. The van der Waals surface area contributed by atoms with Gasteiger partial charge in [0.2, 0.25) is 0 Å². The molecule has 1 heterocycles. The number of nitrogens with one attached hydrogen (secondary N) is 1. The van der Waals surface area contributed by atoms with E-state index in [-0.39, 0.29) is 24.0 Å². The zero-order chi connectivity index (χ0) is 26.5. The van der Waals surface area contributed by atoms with E-state index in [0.717, 1.165) is 22.1 Å². The number of aromatic nitrogens is 2. The van der Waals surface area contributed by atoms with Gasteiger partial charge in [0, 0.05) is 26.7 Å². The lowest BCUT2D eigenvalue weighted by molar-refractivity contribution is -0.118. The number of amides is 1. The first-order valence-electron chi connectivity index (χ1n) is 11.8. The van der Waals surface area contributed by atoms with Gasteiger partial charge >= 0.3 is 0 Å². The number of carbonyl (C=O) groups excluding carboxylic acids is 1. The molecular formula is C28H26BrClN4O3. The molecule has 4 rings (SSSR count). The van der Waals surface area contributed by atoms with E-state index in [9.17, 15) is 9.59 Å². The van der Waals surface area contributed by atoms with Crippen LogP contribution in [0.15, 0.2) is 75.0 Å². The summed E-state index contributed by atoms with van der Waals surface area (Å²) in [6.45, 7) is 5.74. The zero-order valence-corrected chi connectivity index (χ0v) is 23.0. The lowest BCUT2D eigenvalue weighted by Crippen LogP contribution is -2.24. The topological polar surface area (TPSA) is 85.6 Å². The van der Waals surface area contributed by atoms with Crippen molar-refractivity contribution in [1.29, 1.82) is 0 Å². The number of anilines is 1. The van der Waals surface area contributed by atoms with Crippen molar-refractivity contribution in [2.24, 2.45) is 5.10 Å². The number of rotatable bonds is 8. The van der Waals surface area contributed by atoms with Crippen LogP contribution in [0.2, 0.25) is 5.02 Å². The Kier molecular flexibility index (Phi) is 8.41. The summed E-state index contributed by atoms with van der Waals surface area (Å²) in [5.74, 6) is 0.660. The van der Waals surface area contributed by atoms with Crippen molar-refractivity contribution in [2.45, 2.75) is 33.1 Å². The highest BCUT2D eigenvalue weighted by Gasteiger charge is 2.16. The fraction of sp³-hybridized carbons (Fsp3) is 0.214. The third-order valence-corrected chi connectivity index (χ3v) is 6.68. The normalized spacial score (nSPS) is 12.1. The number of hydrogen-bond acceptors (Lipinski definition) is 5. The first-order chi connectivity index (χ1) is 17.8. The minimum atomic E-state index is -0.299. The van der Waals surface area contributed by atoms with Gasteiger partial charge in [0.05, 0.1) is 17.1 Å². The second kappa shape index (κ2) is 11.7. The number of fused-ring (bicyclic) bond motifs is 1. The third kappa shape index (κ3) is 6.26. The van der Waals surface area contributed by atoms with E-state index < -0.39 is 0 Å². The van der Waals surface area contributed by atoms with Crippen LogP contribution in [-0.4, -0.2) is 28.4 Å². The van der Waals surface area contributed by atoms with Crippen LogP contribution < -0.4 is 15.6 Å². The van der Waals surface area contributed by atoms with Crippen molar-refractivity contribution >= 4 is 56.2 Å². The van der Waals surface area contributed by atoms with Gasteiger partial charge in [0.1, 0.15) is 11.6 Å². The highest BCUT2D eigenvalue weighted by Crippen LogP contribution is 2.24. The quantitative estimate of drug-likeness (QED) is 0.240. The molecule has 7 nitrogen and oxygen atoms in total. The molecule has 3 aromatic carbocycles. The molecule has 190 valence electrons. The Morgan fingerprint density at radius 1 is 1.22 bits per heavy atom. The highest BCUT2D eigenvalue weighted by atomic mass is 79.9. The van der Waals surface area contributed by atoms with E-state index >= 15 is 0 Å². The summed E-state index contributed by atoms with van der Waals surface area (Å²) < 4.78 is 7.89. The van der Waals surface area contributed by atoms with Crippen LogP contribution in [0.4, 0.5) is 5.69 Å². The number of hydrogen-bond donors (Lipinski definition) is 1. The van der Waals surface area contributed by atoms with E-state index in [1.54, 1.807) is 24.3 Å². The molecule has 9 heteroatoms. The monoisotopic (exact) mass is 580 g/mol. The highest BCUT2D eigenvalue weighted by molar-refractivity contribution is 9.10. The molecule has 1 N–H and O–H groups in total. The Morgan fingerprint density at radius 2 is 2.00 bits per heavy atom. The molecule has 1 amide bonds. The Hall–Kier alpha value is -3.49. The summed E-state index contributed by atoms with van der Waals surface area (Å²) in [4.78, 5) is 30.6. The predicted molar refractivity (Wildman–Crippen MR) is 152 cm³/mol. The molecule has 0 fully saturated rings. The lowest BCUT2D eigenvalue weighted by Gasteiger charge is -2.14. The molecule has 37 heavy (non-hydrogen) atoms. The van der Waals surface area contributed by atoms with Gasteiger partial charge in [-0.25, -0.2) is 4.98 Å². The molecule has 0 saturated heterocycles. The second-order valence-corrected chi connectivity index (χ2v) is 9.99. The number of aryl methyl sites for hydroxylation is 1. The standard InChI is InChI=1S/C28H26BrClN4O3/c1-4-17(2)27-33-24-11-9-20(29)14-22(24)28(36)34(27)31-15-19-13-21(30)10-12-25(19)37-16-26(35)32-23-8-6-5-7-18(23)3/h5-15,17H,4,16H2,1-3H3,(H,32,35)/t17-/m0/s1. The molecule has 0 aliphatic rings. The van der Waals surface area contributed by atoms with Crippen molar-refractivity contribution < 1.29 is 9.53 Å². The predicted octanol–water partition coefficient (Wildman–Crippen LogP) is 6.53. The summed E-state index contributed by atoms with van der Waals surface area (Å²) in [7, 11) is 0. The fourth-order valence-electron chi connectivity index (χ4n) is 3.69. The fourth-order valence-corrected chi connectivity index (χ4v) is 4.24. The average Bonchev–Trinajstić information content (AvgIpc) is 2.88. The van der Waals surface area contributed by atoms with Crippen LogP contribution in [0, 0.1) is 6.92 Å². The molecule has 0 bridgehead atoms. The molecular weight excluding hydrogens is 556 g/mol. The minimum absolute atomic E-state index is 0.00174. The van der Waals surface area contributed by atoms with Crippen LogP contribution in [0.25, 0.3) is 10.9 Å². The molecule has 0 saturated carbocycles. The van der Waals surface area contributed by atoms with Crippen LogP contribution in [0.5, 0.6) is 5.75 Å². The maximum absolute atomic E-state index is 13.4. The van der Waals surface area contributed by atoms with Crippen molar-refractivity contribution in [3.63, 3.8) is 0 Å². The van der Waals surface area contributed by atoms with Crippen molar-refractivity contribution in [3.05, 3.63) is 97.5 Å². The number of ether oxygens (including phenoxy) is 1. The average molecular weight is 582 g/mol. The van der Waals surface area contributed by atoms with Gasteiger partial charge in [0.25, 0.3) is 11.5 Å². The van der Waals surface area contributed by atoms with Crippen LogP contribution in [0.1, 0.15) is 43.1 Å². The smallest absolute Gasteiger partial charge is 0.282 e. The van der Waals surface area contributed by atoms with Gasteiger partial charge < -0.3 is 10.1 Å². The van der Waals surface area contributed by atoms with E-state index in [1.807, 2.05) is 57.2 Å². The summed E-state index contributed by atoms with van der Waals surface area (Å²) >= 11 is 9.66. The van der Waals surface area contributed by atoms with Gasteiger partial charge in [-0.15, -0.1) is 0 Å². The summed E-state index contributed by atoms with van der Waals surface area (Å²) in [5.41, 5.74) is 2.53. The lowest BCUT2D eigenvalue weighted by atomic mass is 10.1. The SMILES string of the molecule is CC[C@H](C)c1nc2ccc(Br)cc2c(=O)n1N=Cc1cc(Cl)ccc1OCC(=O)Nc1ccccc1C. The molecule has 4 aromatic rings. The molecule has 1 atom stereocenters. The minimum Gasteiger partial charge on any atom is -0.483 e. The zero-order valence-electron chi connectivity index (χ0n) is 20.7. The Labute approximate surface area is 228 Å².